The van der Waals surface area contributed by atoms with E-state index in [1.54, 1.807) is 11.0 Å². The molecule has 2 aromatic heterocycles. The van der Waals surface area contributed by atoms with Crippen LogP contribution in [0.5, 0.6) is 0 Å². The van der Waals surface area contributed by atoms with E-state index in [1.807, 2.05) is 48.5 Å². The molecular formula is C19H15ClN4OS. The summed E-state index contributed by atoms with van der Waals surface area (Å²) in [5, 5.41) is 8.47. The molecule has 0 atom stereocenters. The number of fused-ring (bicyclic) bond motifs is 1. The fourth-order valence-electron chi connectivity index (χ4n) is 2.69. The first-order valence-electron chi connectivity index (χ1n) is 8.06. The second kappa shape index (κ2) is 7.27. The lowest BCUT2D eigenvalue weighted by atomic mass is 10.1. The first-order valence-corrected chi connectivity index (χ1v) is 9.25. The zero-order valence-corrected chi connectivity index (χ0v) is 15.3. The van der Waals surface area contributed by atoms with E-state index in [0.717, 1.165) is 21.2 Å². The van der Waals surface area contributed by atoms with Gasteiger partial charge in [-0.2, -0.15) is 5.10 Å². The number of amides is 1. The van der Waals surface area contributed by atoms with Crippen molar-refractivity contribution in [1.82, 2.24) is 20.1 Å². The molecule has 7 heteroatoms. The minimum atomic E-state index is -0.150. The summed E-state index contributed by atoms with van der Waals surface area (Å²) in [7, 11) is 0. The van der Waals surface area contributed by atoms with Crippen molar-refractivity contribution in [2.24, 2.45) is 0 Å². The fraction of sp³-hybridized carbons (Fsp3) is 0.105. The summed E-state index contributed by atoms with van der Waals surface area (Å²) in [6.07, 6.45) is 3.20. The zero-order chi connectivity index (χ0) is 17.9. The number of hydrogen-bond donors (Lipinski definition) is 1. The molecule has 1 N–H and O–H groups in total. The van der Waals surface area contributed by atoms with E-state index in [1.165, 1.54) is 17.7 Å². The van der Waals surface area contributed by atoms with Gasteiger partial charge in [0.1, 0.15) is 17.5 Å². The summed E-state index contributed by atoms with van der Waals surface area (Å²) in [5.74, 6) is -0.150. The highest BCUT2D eigenvalue weighted by Gasteiger charge is 2.16. The maximum absolute atomic E-state index is 12.5. The summed E-state index contributed by atoms with van der Waals surface area (Å²) < 4.78 is 2.78. The third-order valence-electron chi connectivity index (χ3n) is 4.03. The average molecular weight is 383 g/mol. The minimum Gasteiger partial charge on any atom is -0.347 e. The molecule has 4 rings (SSSR count). The van der Waals surface area contributed by atoms with Crippen molar-refractivity contribution >= 4 is 38.9 Å². The standard InChI is InChI=1S/C19H15ClN4OS/c20-17-15-3-1-2-4-16(15)26-18(17)19(25)22-9-13-5-7-14(8-6-13)10-24-12-21-11-23-24/h1-8,11-12H,9-10H2,(H,22,25). The van der Waals surface area contributed by atoms with Gasteiger partial charge in [0, 0.05) is 16.6 Å². The van der Waals surface area contributed by atoms with E-state index in [4.69, 9.17) is 11.6 Å². The lowest BCUT2D eigenvalue weighted by Crippen LogP contribution is -2.22. The van der Waals surface area contributed by atoms with E-state index < -0.39 is 0 Å². The van der Waals surface area contributed by atoms with Crippen LogP contribution in [0.4, 0.5) is 0 Å². The normalized spacial score (nSPS) is 11.0. The molecule has 0 bridgehead atoms. The summed E-state index contributed by atoms with van der Waals surface area (Å²) in [6.45, 7) is 1.12. The highest BCUT2D eigenvalue weighted by Crippen LogP contribution is 2.34. The summed E-state index contributed by atoms with van der Waals surface area (Å²) in [4.78, 5) is 17.0. The Bertz CT molecular complexity index is 1040. The molecule has 26 heavy (non-hydrogen) atoms. The van der Waals surface area contributed by atoms with Crippen LogP contribution in [-0.2, 0) is 13.1 Å². The molecule has 0 radical (unpaired) electrons. The monoisotopic (exact) mass is 382 g/mol. The molecule has 0 aliphatic rings. The Balaban J connectivity index is 1.41. The SMILES string of the molecule is O=C(NCc1ccc(Cn2cncn2)cc1)c1sc2ccccc2c1Cl. The number of rotatable bonds is 5. The molecule has 2 aromatic carbocycles. The zero-order valence-electron chi connectivity index (χ0n) is 13.7. The molecule has 0 aliphatic carbocycles. The van der Waals surface area contributed by atoms with Crippen LogP contribution < -0.4 is 5.32 Å². The molecule has 0 aliphatic heterocycles. The average Bonchev–Trinajstić information content (AvgIpc) is 3.29. The van der Waals surface area contributed by atoms with Crippen LogP contribution in [0, 0.1) is 0 Å². The number of nitrogens with one attached hydrogen (secondary N) is 1. The smallest absolute Gasteiger partial charge is 0.263 e. The number of halogens is 1. The maximum atomic E-state index is 12.5. The number of carbonyl (C=O) groups excluding carboxylic acids is 1. The first kappa shape index (κ1) is 16.8. The molecule has 0 spiro atoms. The summed E-state index contributed by atoms with van der Waals surface area (Å²) in [5.41, 5.74) is 2.15. The van der Waals surface area contributed by atoms with Gasteiger partial charge in [-0.15, -0.1) is 11.3 Å². The van der Waals surface area contributed by atoms with Crippen LogP contribution in [0.25, 0.3) is 10.1 Å². The third kappa shape index (κ3) is 3.47. The van der Waals surface area contributed by atoms with Gasteiger partial charge in [0.25, 0.3) is 5.91 Å². The highest BCUT2D eigenvalue weighted by molar-refractivity contribution is 7.21. The maximum Gasteiger partial charge on any atom is 0.263 e. The molecule has 5 nitrogen and oxygen atoms in total. The van der Waals surface area contributed by atoms with Crippen molar-refractivity contribution in [1.29, 1.82) is 0 Å². The molecule has 0 saturated heterocycles. The van der Waals surface area contributed by atoms with Gasteiger partial charge in [-0.1, -0.05) is 54.1 Å². The van der Waals surface area contributed by atoms with Gasteiger partial charge < -0.3 is 5.32 Å². The van der Waals surface area contributed by atoms with E-state index in [9.17, 15) is 4.79 Å². The summed E-state index contributed by atoms with van der Waals surface area (Å²) in [6, 6.07) is 15.8. The lowest BCUT2D eigenvalue weighted by Gasteiger charge is -2.06. The second-order valence-electron chi connectivity index (χ2n) is 5.83. The van der Waals surface area contributed by atoms with Gasteiger partial charge in [-0.3, -0.25) is 4.79 Å². The molecule has 1 amide bonds. The molecular weight excluding hydrogens is 368 g/mol. The van der Waals surface area contributed by atoms with E-state index in [0.29, 0.717) is 23.0 Å². The molecule has 2 heterocycles. The number of carbonyl (C=O) groups is 1. The third-order valence-corrected chi connectivity index (χ3v) is 5.70. The molecule has 130 valence electrons. The fourth-order valence-corrected chi connectivity index (χ4v) is 4.12. The van der Waals surface area contributed by atoms with Crippen LogP contribution >= 0.6 is 22.9 Å². The largest absolute Gasteiger partial charge is 0.347 e. The molecule has 0 fully saturated rings. The van der Waals surface area contributed by atoms with Gasteiger partial charge in [-0.25, -0.2) is 9.67 Å². The number of aromatic nitrogens is 3. The van der Waals surface area contributed by atoms with Crippen molar-refractivity contribution in [3.63, 3.8) is 0 Å². The molecule has 0 saturated carbocycles. The van der Waals surface area contributed by atoms with E-state index >= 15 is 0 Å². The predicted octanol–water partition coefficient (Wildman–Crippen LogP) is 4.12. The minimum absolute atomic E-state index is 0.150. The first-order chi connectivity index (χ1) is 12.7. The van der Waals surface area contributed by atoms with Crippen LogP contribution in [0.3, 0.4) is 0 Å². The van der Waals surface area contributed by atoms with Crippen LogP contribution in [0.2, 0.25) is 5.02 Å². The highest BCUT2D eigenvalue weighted by atomic mass is 35.5. The van der Waals surface area contributed by atoms with Crippen molar-refractivity contribution in [2.45, 2.75) is 13.1 Å². The van der Waals surface area contributed by atoms with Crippen molar-refractivity contribution in [2.75, 3.05) is 0 Å². The Morgan fingerprint density at radius 2 is 1.88 bits per heavy atom. The predicted molar refractivity (Wildman–Crippen MR) is 104 cm³/mol. The quantitative estimate of drug-likeness (QED) is 0.564. The lowest BCUT2D eigenvalue weighted by molar-refractivity contribution is 0.0955. The van der Waals surface area contributed by atoms with Crippen LogP contribution in [-0.4, -0.2) is 20.7 Å². The molecule has 4 aromatic rings. The van der Waals surface area contributed by atoms with Crippen molar-refractivity contribution < 1.29 is 4.79 Å². The Labute approximate surface area is 159 Å². The van der Waals surface area contributed by atoms with Gasteiger partial charge >= 0.3 is 0 Å². The van der Waals surface area contributed by atoms with Gasteiger partial charge in [0.05, 0.1) is 11.6 Å². The van der Waals surface area contributed by atoms with Crippen LogP contribution in [0.1, 0.15) is 20.8 Å². The van der Waals surface area contributed by atoms with Crippen molar-refractivity contribution in [3.8, 4) is 0 Å². The van der Waals surface area contributed by atoms with Crippen molar-refractivity contribution in [3.05, 3.63) is 82.2 Å². The van der Waals surface area contributed by atoms with E-state index in [-0.39, 0.29) is 5.91 Å². The summed E-state index contributed by atoms with van der Waals surface area (Å²) >= 11 is 7.77. The Morgan fingerprint density at radius 1 is 1.12 bits per heavy atom. The van der Waals surface area contributed by atoms with E-state index in [2.05, 4.69) is 15.4 Å². The van der Waals surface area contributed by atoms with Gasteiger partial charge in [-0.05, 0) is 17.2 Å². The number of benzene rings is 2. The van der Waals surface area contributed by atoms with Crippen LogP contribution in [0.15, 0.2) is 61.2 Å². The Hall–Kier alpha value is -2.70. The Morgan fingerprint density at radius 3 is 2.62 bits per heavy atom. The van der Waals surface area contributed by atoms with Gasteiger partial charge in [0.15, 0.2) is 0 Å². The molecule has 0 unspecified atom stereocenters. The topological polar surface area (TPSA) is 59.8 Å². The number of hydrogen-bond acceptors (Lipinski definition) is 4. The second-order valence-corrected chi connectivity index (χ2v) is 7.26. The number of nitrogens with zero attached hydrogens (tertiary/aromatic N) is 3. The van der Waals surface area contributed by atoms with Gasteiger partial charge in [0.2, 0.25) is 0 Å². The number of thiophene rings is 1. The Kier molecular flexibility index (Phi) is 4.69.